The van der Waals surface area contributed by atoms with Crippen molar-refractivity contribution in [3.8, 4) is 0 Å². The van der Waals surface area contributed by atoms with Gasteiger partial charge in [0.15, 0.2) is 0 Å². The van der Waals surface area contributed by atoms with Gasteiger partial charge in [-0.25, -0.2) is 13.1 Å². The van der Waals surface area contributed by atoms with Gasteiger partial charge in [-0.05, 0) is 18.4 Å². The summed E-state index contributed by atoms with van der Waals surface area (Å²) in [5.74, 6) is 0. The first-order valence-electron chi connectivity index (χ1n) is 5.82. The summed E-state index contributed by atoms with van der Waals surface area (Å²) in [6.45, 7) is 7.82. The Morgan fingerprint density at radius 1 is 1.33 bits per heavy atom. The molecule has 102 valence electrons. The van der Waals surface area contributed by atoms with E-state index in [1.165, 1.54) is 6.20 Å². The van der Waals surface area contributed by atoms with E-state index in [9.17, 15) is 8.42 Å². The van der Waals surface area contributed by atoms with E-state index in [2.05, 4.69) is 15.0 Å². The second kappa shape index (κ2) is 5.24. The molecule has 5 nitrogen and oxygen atoms in total. The Bertz CT molecular complexity index is 506. The van der Waals surface area contributed by atoms with Crippen LogP contribution in [0.15, 0.2) is 23.4 Å². The van der Waals surface area contributed by atoms with E-state index in [1.807, 2.05) is 27.7 Å². The molecule has 0 aliphatic carbocycles. The van der Waals surface area contributed by atoms with Crippen molar-refractivity contribution in [2.45, 2.75) is 38.6 Å². The number of pyridine rings is 1. The van der Waals surface area contributed by atoms with Crippen molar-refractivity contribution in [2.24, 2.45) is 5.41 Å². The third-order valence-electron chi connectivity index (χ3n) is 2.97. The van der Waals surface area contributed by atoms with Gasteiger partial charge >= 0.3 is 0 Å². The fourth-order valence-electron chi connectivity index (χ4n) is 1.27. The summed E-state index contributed by atoms with van der Waals surface area (Å²) in [6, 6.07) is 1.46. The summed E-state index contributed by atoms with van der Waals surface area (Å²) >= 11 is 0. The summed E-state index contributed by atoms with van der Waals surface area (Å²) in [5, 5.41) is 2.85. The third-order valence-corrected chi connectivity index (χ3v) is 4.54. The summed E-state index contributed by atoms with van der Waals surface area (Å²) in [6.07, 6.45) is 2.90. The molecule has 0 saturated heterocycles. The molecule has 1 unspecified atom stereocenters. The molecule has 0 aliphatic heterocycles. The molecule has 0 spiro atoms. The minimum Gasteiger partial charge on any atom is -0.387 e. The zero-order valence-electron chi connectivity index (χ0n) is 11.5. The monoisotopic (exact) mass is 271 g/mol. The van der Waals surface area contributed by atoms with Crippen LogP contribution in [0.5, 0.6) is 0 Å². The molecule has 6 heteroatoms. The first kappa shape index (κ1) is 14.9. The average molecular weight is 271 g/mol. The summed E-state index contributed by atoms with van der Waals surface area (Å²) in [4.78, 5) is 4.04. The number of anilines is 1. The molecule has 1 aromatic rings. The minimum absolute atomic E-state index is 0.144. The van der Waals surface area contributed by atoms with Gasteiger partial charge in [-0.2, -0.15) is 0 Å². The minimum atomic E-state index is -3.56. The number of aromatic nitrogens is 1. The molecule has 1 atom stereocenters. The van der Waals surface area contributed by atoms with Crippen molar-refractivity contribution in [1.82, 2.24) is 9.71 Å². The normalized spacial score (nSPS) is 14.3. The maximum Gasteiger partial charge on any atom is 0.244 e. The van der Waals surface area contributed by atoms with Crippen LogP contribution in [0.3, 0.4) is 0 Å². The molecule has 0 aromatic carbocycles. The van der Waals surface area contributed by atoms with E-state index in [0.29, 0.717) is 5.69 Å². The molecule has 0 amide bonds. The van der Waals surface area contributed by atoms with Gasteiger partial charge in [0.1, 0.15) is 4.90 Å². The zero-order chi connectivity index (χ0) is 14.0. The fourth-order valence-corrected chi connectivity index (χ4v) is 2.88. The molecular weight excluding hydrogens is 250 g/mol. The van der Waals surface area contributed by atoms with Gasteiger partial charge in [0, 0.05) is 25.5 Å². The van der Waals surface area contributed by atoms with Crippen molar-refractivity contribution >= 4 is 15.7 Å². The Balaban J connectivity index is 3.08. The van der Waals surface area contributed by atoms with E-state index in [1.54, 1.807) is 19.3 Å². The average Bonchev–Trinajstić information content (AvgIpc) is 2.27. The van der Waals surface area contributed by atoms with E-state index >= 15 is 0 Å². The van der Waals surface area contributed by atoms with Crippen molar-refractivity contribution in [1.29, 1.82) is 0 Å². The highest BCUT2D eigenvalue weighted by Gasteiger charge is 2.27. The standard InChI is InChI=1S/C12H21N3O2S/c1-9(12(2,3)4)15-18(16,17)11-8-14-7-6-10(11)13-5/h6-9,15H,1-5H3,(H,13,14). The Morgan fingerprint density at radius 2 is 1.94 bits per heavy atom. The van der Waals surface area contributed by atoms with Gasteiger partial charge < -0.3 is 5.32 Å². The predicted octanol–water partition coefficient (Wildman–Crippen LogP) is 1.84. The van der Waals surface area contributed by atoms with Crippen molar-refractivity contribution < 1.29 is 8.42 Å². The molecular formula is C12H21N3O2S. The van der Waals surface area contributed by atoms with Crippen LogP contribution in [0.1, 0.15) is 27.7 Å². The summed E-state index contributed by atoms with van der Waals surface area (Å²) in [5.41, 5.74) is 0.397. The van der Waals surface area contributed by atoms with Gasteiger partial charge in [0.05, 0.1) is 5.69 Å². The SMILES string of the molecule is CNc1ccncc1S(=O)(=O)NC(C)C(C)(C)C. The second-order valence-corrected chi connectivity index (χ2v) is 7.01. The quantitative estimate of drug-likeness (QED) is 0.876. The third kappa shape index (κ3) is 3.43. The maximum atomic E-state index is 12.3. The number of sulfonamides is 1. The number of hydrogen-bond acceptors (Lipinski definition) is 4. The van der Waals surface area contributed by atoms with E-state index in [-0.39, 0.29) is 16.4 Å². The molecule has 0 radical (unpaired) electrons. The molecule has 0 aliphatic rings. The molecule has 0 fully saturated rings. The largest absolute Gasteiger partial charge is 0.387 e. The van der Waals surface area contributed by atoms with Gasteiger partial charge in [-0.15, -0.1) is 0 Å². The Labute approximate surface area is 109 Å². The van der Waals surface area contributed by atoms with Crippen LogP contribution in [0.4, 0.5) is 5.69 Å². The van der Waals surface area contributed by atoms with Gasteiger partial charge in [-0.3, -0.25) is 4.98 Å². The Kier molecular flexibility index (Phi) is 4.34. The molecule has 18 heavy (non-hydrogen) atoms. The Hall–Kier alpha value is -1.14. The Morgan fingerprint density at radius 3 is 2.44 bits per heavy atom. The number of nitrogens with one attached hydrogen (secondary N) is 2. The molecule has 1 heterocycles. The first-order chi connectivity index (χ1) is 8.18. The van der Waals surface area contributed by atoms with Crippen LogP contribution in [-0.2, 0) is 10.0 Å². The fraction of sp³-hybridized carbons (Fsp3) is 0.583. The van der Waals surface area contributed by atoms with E-state index < -0.39 is 10.0 Å². The number of hydrogen-bond donors (Lipinski definition) is 2. The van der Waals surface area contributed by atoms with Crippen LogP contribution in [0.25, 0.3) is 0 Å². The van der Waals surface area contributed by atoms with Gasteiger partial charge in [0.2, 0.25) is 10.0 Å². The summed E-state index contributed by atoms with van der Waals surface area (Å²) in [7, 11) is -1.88. The van der Waals surface area contributed by atoms with Gasteiger partial charge in [-0.1, -0.05) is 20.8 Å². The highest BCUT2D eigenvalue weighted by Crippen LogP contribution is 2.23. The topological polar surface area (TPSA) is 71.1 Å². The van der Waals surface area contributed by atoms with Gasteiger partial charge in [0.25, 0.3) is 0 Å². The zero-order valence-corrected chi connectivity index (χ0v) is 12.3. The summed E-state index contributed by atoms with van der Waals surface area (Å²) < 4.78 is 27.2. The van der Waals surface area contributed by atoms with Crippen molar-refractivity contribution in [2.75, 3.05) is 12.4 Å². The van der Waals surface area contributed by atoms with Crippen LogP contribution in [0.2, 0.25) is 0 Å². The lowest BCUT2D eigenvalue weighted by Crippen LogP contribution is -2.41. The highest BCUT2D eigenvalue weighted by molar-refractivity contribution is 7.89. The smallest absolute Gasteiger partial charge is 0.244 e. The highest BCUT2D eigenvalue weighted by atomic mass is 32.2. The van der Waals surface area contributed by atoms with Crippen LogP contribution in [0, 0.1) is 5.41 Å². The number of nitrogens with zero attached hydrogens (tertiary/aromatic N) is 1. The first-order valence-corrected chi connectivity index (χ1v) is 7.31. The lowest BCUT2D eigenvalue weighted by molar-refractivity contribution is 0.317. The van der Waals surface area contributed by atoms with Crippen LogP contribution < -0.4 is 10.0 Å². The number of rotatable bonds is 4. The molecule has 0 bridgehead atoms. The van der Waals surface area contributed by atoms with Crippen molar-refractivity contribution in [3.63, 3.8) is 0 Å². The molecule has 1 rings (SSSR count). The lowest BCUT2D eigenvalue weighted by atomic mass is 9.89. The maximum absolute atomic E-state index is 12.3. The second-order valence-electron chi connectivity index (χ2n) is 5.33. The van der Waals surface area contributed by atoms with Crippen molar-refractivity contribution in [3.05, 3.63) is 18.5 Å². The molecule has 2 N–H and O–H groups in total. The van der Waals surface area contributed by atoms with E-state index in [4.69, 9.17) is 0 Å². The molecule has 1 aromatic heterocycles. The van der Waals surface area contributed by atoms with Crippen LogP contribution >= 0.6 is 0 Å². The predicted molar refractivity (Wildman–Crippen MR) is 73.0 cm³/mol. The van der Waals surface area contributed by atoms with E-state index in [0.717, 1.165) is 0 Å². The van der Waals surface area contributed by atoms with Crippen LogP contribution in [-0.4, -0.2) is 26.5 Å². The molecule has 0 saturated carbocycles. The lowest BCUT2D eigenvalue weighted by Gasteiger charge is -2.28.